The van der Waals surface area contributed by atoms with Crippen LogP contribution in [0.2, 0.25) is 0 Å². The van der Waals surface area contributed by atoms with Crippen molar-refractivity contribution in [2.45, 2.75) is 83.1 Å². The molecule has 0 fully saturated rings. The number of halogens is 2. The van der Waals surface area contributed by atoms with Crippen LogP contribution in [0.4, 0.5) is 0 Å². The van der Waals surface area contributed by atoms with Gasteiger partial charge in [-0.1, -0.05) is 83.1 Å². The van der Waals surface area contributed by atoms with Crippen molar-refractivity contribution >= 4 is 31.9 Å². The molecule has 24 heavy (non-hydrogen) atoms. The van der Waals surface area contributed by atoms with E-state index in [4.69, 9.17) is 0 Å². The normalized spacial score (nSPS) is 13.1. The Bertz CT molecular complexity index is 502. The molecular weight excluding hydrogens is 424 g/mol. The third-order valence-electron chi connectivity index (χ3n) is 3.66. The van der Waals surface area contributed by atoms with Crippen molar-refractivity contribution in [2.24, 2.45) is 21.7 Å². The van der Waals surface area contributed by atoms with Gasteiger partial charge in [0.25, 0.3) is 0 Å². The lowest BCUT2D eigenvalue weighted by Crippen LogP contribution is -2.22. The van der Waals surface area contributed by atoms with Crippen molar-refractivity contribution in [1.82, 2.24) is 0 Å². The van der Waals surface area contributed by atoms with Crippen LogP contribution in [0.1, 0.15) is 83.1 Å². The molecular formula is C22H36Br2. The van der Waals surface area contributed by atoms with Gasteiger partial charge in [-0.25, -0.2) is 0 Å². The first-order valence-corrected chi connectivity index (χ1v) is 10.2. The van der Waals surface area contributed by atoms with Gasteiger partial charge in [0.2, 0.25) is 0 Å². The van der Waals surface area contributed by atoms with Crippen LogP contribution in [0.3, 0.4) is 0 Å². The molecule has 0 saturated carbocycles. The Labute approximate surface area is 167 Å². The zero-order chi connectivity index (χ0) is 19.7. The van der Waals surface area contributed by atoms with Gasteiger partial charge in [-0.15, -0.1) is 11.5 Å². The van der Waals surface area contributed by atoms with Crippen molar-refractivity contribution in [2.75, 3.05) is 0 Å². The Morgan fingerprint density at radius 1 is 0.458 bits per heavy atom. The Morgan fingerprint density at radius 2 is 0.625 bits per heavy atom. The first-order chi connectivity index (χ1) is 10.3. The number of rotatable bonds is 1. The van der Waals surface area contributed by atoms with E-state index in [2.05, 4.69) is 126 Å². The molecule has 0 heterocycles. The van der Waals surface area contributed by atoms with Crippen LogP contribution < -0.4 is 0 Å². The summed E-state index contributed by atoms with van der Waals surface area (Å²) < 4.78 is 1.85. The van der Waals surface area contributed by atoms with E-state index in [1.165, 1.54) is 11.1 Å². The molecule has 0 aromatic carbocycles. The Morgan fingerprint density at radius 3 is 0.750 bits per heavy atom. The average molecular weight is 460 g/mol. The number of hydrogen-bond acceptors (Lipinski definition) is 0. The van der Waals surface area contributed by atoms with Crippen molar-refractivity contribution < 1.29 is 0 Å². The summed E-state index contributed by atoms with van der Waals surface area (Å²) in [4.78, 5) is 0. The molecule has 0 amide bonds. The third-order valence-corrected chi connectivity index (χ3v) is 5.38. The predicted octanol–water partition coefficient (Wildman–Crippen LogP) is 8.78. The smallest absolute Gasteiger partial charge is 0.0814 e. The van der Waals surface area contributed by atoms with Crippen LogP contribution in [-0.4, -0.2) is 0 Å². The molecule has 0 aliphatic carbocycles. The van der Waals surface area contributed by atoms with E-state index in [1.54, 1.807) is 0 Å². The van der Waals surface area contributed by atoms with Gasteiger partial charge in [0, 0.05) is 0 Å². The summed E-state index contributed by atoms with van der Waals surface area (Å²) in [5.74, 6) is 0. The molecule has 0 nitrogen and oxygen atoms in total. The predicted molar refractivity (Wildman–Crippen MR) is 117 cm³/mol. The van der Waals surface area contributed by atoms with Crippen molar-refractivity contribution in [3.63, 3.8) is 0 Å². The van der Waals surface area contributed by atoms with Crippen LogP contribution in [0.25, 0.3) is 0 Å². The standard InChI is InChI=1S/C22H36Br2/c1-19(2,3)17(20(4,5)6)13-15(23)16(24)14-18(21(7,8)9)22(10,11)12/h1-12H3. The highest BCUT2D eigenvalue weighted by atomic mass is 79.9. The lowest BCUT2D eigenvalue weighted by atomic mass is 9.72. The summed E-state index contributed by atoms with van der Waals surface area (Å²) in [6, 6.07) is 0. The van der Waals surface area contributed by atoms with Gasteiger partial charge in [-0.05, 0) is 64.7 Å². The molecule has 2 heteroatoms. The molecule has 0 saturated heterocycles. The first kappa shape index (κ1) is 24.0. The lowest BCUT2D eigenvalue weighted by molar-refractivity contribution is 0.362. The Kier molecular flexibility index (Phi) is 7.71. The molecule has 0 aromatic heterocycles. The summed E-state index contributed by atoms with van der Waals surface area (Å²) >= 11 is 7.43. The van der Waals surface area contributed by atoms with E-state index >= 15 is 0 Å². The van der Waals surface area contributed by atoms with E-state index in [1.807, 2.05) is 0 Å². The molecule has 0 spiro atoms. The molecule has 0 N–H and O–H groups in total. The third kappa shape index (κ3) is 7.49. The maximum Gasteiger partial charge on any atom is 0.0814 e. The van der Waals surface area contributed by atoms with Gasteiger partial charge < -0.3 is 0 Å². The minimum absolute atomic E-state index is 0.0607. The van der Waals surface area contributed by atoms with Gasteiger partial charge in [0.05, 0.1) is 8.96 Å². The zero-order valence-corrected chi connectivity index (χ0v) is 20.9. The fraction of sp³-hybridized carbons (Fsp3) is 0.727. The Hall–Kier alpha value is -0.0000000000000000278. The van der Waals surface area contributed by atoms with Crippen LogP contribution in [0, 0.1) is 21.7 Å². The summed E-state index contributed by atoms with van der Waals surface area (Å²) in [5, 5.41) is 0. The number of hydrogen-bond donors (Lipinski definition) is 0. The molecule has 0 rings (SSSR count). The average Bonchev–Trinajstić information content (AvgIpc) is 2.26. The number of allylic oxidation sites excluding steroid dienone is 2. The van der Waals surface area contributed by atoms with Crippen LogP contribution in [0.5, 0.6) is 0 Å². The molecule has 0 bridgehead atoms. The van der Waals surface area contributed by atoms with Crippen molar-refractivity contribution in [3.8, 4) is 0 Å². The van der Waals surface area contributed by atoms with Gasteiger partial charge in [0.15, 0.2) is 0 Å². The van der Waals surface area contributed by atoms with Gasteiger partial charge >= 0.3 is 0 Å². The molecule has 0 unspecified atom stereocenters. The monoisotopic (exact) mass is 458 g/mol. The SMILES string of the molecule is CC(C)(C)C(=C=C(Br)C(Br)=C=C(C(C)(C)C)C(C)(C)C)C(C)(C)C. The van der Waals surface area contributed by atoms with E-state index in [0.29, 0.717) is 0 Å². The first-order valence-electron chi connectivity index (χ1n) is 8.63. The Balaban J connectivity index is 6.72. The lowest BCUT2D eigenvalue weighted by Gasteiger charge is -2.32. The topological polar surface area (TPSA) is 0 Å². The highest BCUT2D eigenvalue weighted by Gasteiger charge is 2.29. The minimum atomic E-state index is 0.0607. The molecule has 0 radical (unpaired) electrons. The van der Waals surface area contributed by atoms with Crippen molar-refractivity contribution in [1.29, 1.82) is 0 Å². The van der Waals surface area contributed by atoms with E-state index in [9.17, 15) is 0 Å². The zero-order valence-electron chi connectivity index (χ0n) is 17.8. The highest BCUT2D eigenvalue weighted by molar-refractivity contribution is 9.15. The van der Waals surface area contributed by atoms with Crippen LogP contribution in [-0.2, 0) is 0 Å². The molecule has 0 aromatic rings. The second kappa shape index (κ2) is 7.71. The van der Waals surface area contributed by atoms with Gasteiger partial charge in [-0.2, -0.15) is 0 Å². The maximum absolute atomic E-state index is 3.72. The second-order valence-electron chi connectivity index (χ2n) is 10.6. The summed E-state index contributed by atoms with van der Waals surface area (Å²) in [6.45, 7) is 26.9. The quantitative estimate of drug-likeness (QED) is 0.271. The molecule has 0 aliphatic rings. The van der Waals surface area contributed by atoms with E-state index in [0.717, 1.165) is 8.96 Å². The minimum Gasteiger partial charge on any atom is -0.103 e. The van der Waals surface area contributed by atoms with E-state index < -0.39 is 0 Å². The fourth-order valence-electron chi connectivity index (χ4n) is 3.33. The summed E-state index contributed by atoms with van der Waals surface area (Å²) in [7, 11) is 0. The summed E-state index contributed by atoms with van der Waals surface area (Å²) in [6.07, 6.45) is 0. The van der Waals surface area contributed by atoms with Crippen molar-refractivity contribution in [3.05, 3.63) is 31.6 Å². The highest BCUT2D eigenvalue weighted by Crippen LogP contribution is 2.41. The summed E-state index contributed by atoms with van der Waals surface area (Å²) in [5.41, 5.74) is 10.0. The molecule has 0 atom stereocenters. The van der Waals surface area contributed by atoms with E-state index in [-0.39, 0.29) is 21.7 Å². The van der Waals surface area contributed by atoms with Crippen LogP contribution >= 0.6 is 31.9 Å². The second-order valence-corrected chi connectivity index (χ2v) is 12.2. The molecule has 0 aliphatic heterocycles. The van der Waals surface area contributed by atoms with Gasteiger partial charge in [-0.3, -0.25) is 0 Å². The van der Waals surface area contributed by atoms with Crippen LogP contribution in [0.15, 0.2) is 31.6 Å². The largest absolute Gasteiger partial charge is 0.103 e. The molecule has 138 valence electrons. The maximum atomic E-state index is 3.72. The van der Waals surface area contributed by atoms with Gasteiger partial charge in [0.1, 0.15) is 0 Å². The fourth-order valence-corrected chi connectivity index (χ4v) is 3.92.